The Morgan fingerprint density at radius 2 is 1.80 bits per heavy atom. The van der Waals surface area contributed by atoms with Crippen LogP contribution in [0.5, 0.6) is 11.5 Å². The van der Waals surface area contributed by atoms with Crippen molar-refractivity contribution < 1.29 is 14.3 Å². The maximum Gasteiger partial charge on any atom is 0.257 e. The lowest BCUT2D eigenvalue weighted by molar-refractivity contribution is 0.0733. The van der Waals surface area contributed by atoms with E-state index in [1.54, 1.807) is 32.4 Å². The highest BCUT2D eigenvalue weighted by molar-refractivity contribution is 5.97. The number of carbonyl (C=O) groups excluding carboxylic acids is 1. The number of benzene rings is 2. The van der Waals surface area contributed by atoms with Crippen molar-refractivity contribution in [2.45, 2.75) is 32.9 Å². The Kier molecular flexibility index (Phi) is 7.55. The fourth-order valence-electron chi connectivity index (χ4n) is 3.47. The van der Waals surface area contributed by atoms with Crippen LogP contribution >= 0.6 is 0 Å². The molecule has 0 radical (unpaired) electrons. The van der Waals surface area contributed by atoms with Gasteiger partial charge in [0.1, 0.15) is 11.5 Å². The molecular weight excluding hydrogens is 376 g/mol. The van der Waals surface area contributed by atoms with Crippen molar-refractivity contribution in [3.8, 4) is 11.5 Å². The third-order valence-electron chi connectivity index (χ3n) is 5.18. The normalized spacial score (nSPS) is 10.6. The minimum Gasteiger partial charge on any atom is -0.497 e. The average Bonchev–Trinajstić information content (AvgIpc) is 3.22. The number of aromatic nitrogens is 1. The first-order valence-electron chi connectivity index (χ1n) is 10.4. The molecule has 0 fully saturated rings. The highest BCUT2D eigenvalue weighted by atomic mass is 16.5. The zero-order valence-corrected chi connectivity index (χ0v) is 18.0. The highest BCUT2D eigenvalue weighted by Gasteiger charge is 2.21. The van der Waals surface area contributed by atoms with Gasteiger partial charge in [-0.2, -0.15) is 0 Å². The molecule has 3 rings (SSSR count). The molecule has 0 aliphatic heterocycles. The summed E-state index contributed by atoms with van der Waals surface area (Å²) >= 11 is 0. The molecule has 30 heavy (non-hydrogen) atoms. The lowest BCUT2D eigenvalue weighted by Gasteiger charge is -2.24. The van der Waals surface area contributed by atoms with Crippen molar-refractivity contribution in [3.05, 3.63) is 83.7 Å². The first-order chi connectivity index (χ1) is 14.7. The summed E-state index contributed by atoms with van der Waals surface area (Å²) in [6, 6.07) is 19.8. The molecule has 0 aliphatic carbocycles. The number of carbonyl (C=O) groups is 1. The second kappa shape index (κ2) is 10.5. The lowest BCUT2D eigenvalue weighted by atomic mass is 10.1. The van der Waals surface area contributed by atoms with Crippen LogP contribution in [0.4, 0.5) is 0 Å². The molecule has 3 aromatic rings. The molecule has 0 unspecified atom stereocenters. The lowest BCUT2D eigenvalue weighted by Crippen LogP contribution is -2.32. The smallest absolute Gasteiger partial charge is 0.257 e. The first kappa shape index (κ1) is 21.5. The Hall–Kier alpha value is -3.21. The standard InChI is InChI=1S/C25H30N2O3/c1-4-5-15-27(25(28)23-14-13-22(29-2)17-24(23)30-3)19-21-12-9-16-26(21)18-20-10-7-6-8-11-20/h6-14,16-17H,4-5,15,18-19H2,1-3H3. The van der Waals surface area contributed by atoms with Crippen molar-refractivity contribution in [1.82, 2.24) is 9.47 Å². The van der Waals surface area contributed by atoms with Crippen LogP contribution in [0.1, 0.15) is 41.4 Å². The van der Waals surface area contributed by atoms with Gasteiger partial charge in [0, 0.05) is 31.0 Å². The van der Waals surface area contributed by atoms with E-state index in [2.05, 4.69) is 35.9 Å². The van der Waals surface area contributed by atoms with Gasteiger partial charge in [-0.25, -0.2) is 0 Å². The van der Waals surface area contributed by atoms with Crippen molar-refractivity contribution >= 4 is 5.91 Å². The number of amides is 1. The predicted molar refractivity (Wildman–Crippen MR) is 119 cm³/mol. The largest absolute Gasteiger partial charge is 0.497 e. The zero-order chi connectivity index (χ0) is 21.3. The van der Waals surface area contributed by atoms with E-state index in [1.165, 1.54) is 5.56 Å². The van der Waals surface area contributed by atoms with Crippen molar-refractivity contribution in [2.75, 3.05) is 20.8 Å². The van der Waals surface area contributed by atoms with Crippen LogP contribution in [0.15, 0.2) is 66.9 Å². The van der Waals surface area contributed by atoms with Crippen LogP contribution in [-0.2, 0) is 13.1 Å². The molecular formula is C25H30N2O3. The van der Waals surface area contributed by atoms with E-state index in [-0.39, 0.29) is 5.91 Å². The number of hydrogen-bond donors (Lipinski definition) is 0. The van der Waals surface area contributed by atoms with Crippen LogP contribution in [0, 0.1) is 0 Å². The SMILES string of the molecule is CCCCN(Cc1cccn1Cc1ccccc1)C(=O)c1ccc(OC)cc1OC. The van der Waals surface area contributed by atoms with Crippen LogP contribution in [0.3, 0.4) is 0 Å². The maximum absolute atomic E-state index is 13.4. The third-order valence-corrected chi connectivity index (χ3v) is 5.18. The van der Waals surface area contributed by atoms with Gasteiger partial charge in [0.25, 0.3) is 5.91 Å². The van der Waals surface area contributed by atoms with E-state index in [0.717, 1.165) is 25.1 Å². The third kappa shape index (κ3) is 5.23. The average molecular weight is 407 g/mol. The number of ether oxygens (including phenoxy) is 2. The van der Waals surface area contributed by atoms with Gasteiger partial charge in [-0.15, -0.1) is 0 Å². The van der Waals surface area contributed by atoms with Crippen molar-refractivity contribution in [1.29, 1.82) is 0 Å². The summed E-state index contributed by atoms with van der Waals surface area (Å²) in [7, 11) is 3.18. The van der Waals surface area contributed by atoms with Gasteiger partial charge < -0.3 is 18.9 Å². The second-order valence-corrected chi connectivity index (χ2v) is 7.26. The zero-order valence-electron chi connectivity index (χ0n) is 18.0. The molecule has 0 saturated heterocycles. The Morgan fingerprint density at radius 3 is 2.50 bits per heavy atom. The summed E-state index contributed by atoms with van der Waals surface area (Å²) in [6.07, 6.45) is 4.04. The molecule has 0 N–H and O–H groups in total. The van der Waals surface area contributed by atoms with E-state index in [9.17, 15) is 4.79 Å². The predicted octanol–water partition coefficient (Wildman–Crippen LogP) is 5.00. The molecule has 0 aliphatic rings. The monoisotopic (exact) mass is 406 g/mol. The van der Waals surface area contributed by atoms with E-state index in [4.69, 9.17) is 9.47 Å². The molecule has 1 aromatic heterocycles. The molecule has 0 atom stereocenters. The Balaban J connectivity index is 1.84. The Bertz CT molecular complexity index is 950. The first-order valence-corrected chi connectivity index (χ1v) is 10.4. The number of methoxy groups -OCH3 is 2. The molecule has 0 spiro atoms. The fraction of sp³-hybridized carbons (Fsp3) is 0.320. The number of rotatable bonds is 10. The van der Waals surface area contributed by atoms with Gasteiger partial charge in [0.15, 0.2) is 0 Å². The van der Waals surface area contributed by atoms with E-state index in [1.807, 2.05) is 29.2 Å². The molecule has 0 bridgehead atoms. The molecule has 2 aromatic carbocycles. The highest BCUT2D eigenvalue weighted by Crippen LogP contribution is 2.26. The number of nitrogens with zero attached hydrogens (tertiary/aromatic N) is 2. The summed E-state index contributed by atoms with van der Waals surface area (Å²) < 4.78 is 12.9. The van der Waals surface area contributed by atoms with Crippen LogP contribution in [0.2, 0.25) is 0 Å². The van der Waals surface area contributed by atoms with E-state index < -0.39 is 0 Å². The van der Waals surface area contributed by atoms with E-state index >= 15 is 0 Å². The number of unbranched alkanes of at least 4 members (excludes halogenated alkanes) is 1. The Morgan fingerprint density at radius 1 is 1.00 bits per heavy atom. The fourth-order valence-corrected chi connectivity index (χ4v) is 3.47. The minimum absolute atomic E-state index is 0.0320. The van der Waals surface area contributed by atoms with Crippen molar-refractivity contribution in [2.24, 2.45) is 0 Å². The Labute approximate surface area is 178 Å². The summed E-state index contributed by atoms with van der Waals surface area (Å²) in [4.78, 5) is 15.3. The molecule has 5 heteroatoms. The summed E-state index contributed by atoms with van der Waals surface area (Å²) in [5.41, 5.74) is 2.89. The van der Waals surface area contributed by atoms with Crippen LogP contribution < -0.4 is 9.47 Å². The van der Waals surface area contributed by atoms with Crippen LogP contribution in [-0.4, -0.2) is 36.1 Å². The minimum atomic E-state index is -0.0320. The molecule has 5 nitrogen and oxygen atoms in total. The maximum atomic E-state index is 13.4. The van der Waals surface area contributed by atoms with Crippen molar-refractivity contribution in [3.63, 3.8) is 0 Å². The second-order valence-electron chi connectivity index (χ2n) is 7.26. The summed E-state index contributed by atoms with van der Waals surface area (Å²) in [5, 5.41) is 0. The van der Waals surface area contributed by atoms with Crippen LogP contribution in [0.25, 0.3) is 0 Å². The molecule has 1 amide bonds. The molecule has 158 valence electrons. The van der Waals surface area contributed by atoms with Gasteiger partial charge in [-0.3, -0.25) is 4.79 Å². The topological polar surface area (TPSA) is 43.7 Å². The number of hydrogen-bond acceptors (Lipinski definition) is 3. The van der Waals surface area contributed by atoms with Gasteiger partial charge in [-0.1, -0.05) is 43.7 Å². The van der Waals surface area contributed by atoms with Gasteiger partial charge >= 0.3 is 0 Å². The molecule has 1 heterocycles. The van der Waals surface area contributed by atoms with Gasteiger partial charge in [-0.05, 0) is 36.2 Å². The van der Waals surface area contributed by atoms with Gasteiger partial charge in [0.05, 0.1) is 26.3 Å². The molecule has 0 saturated carbocycles. The van der Waals surface area contributed by atoms with Gasteiger partial charge in [0.2, 0.25) is 0 Å². The summed E-state index contributed by atoms with van der Waals surface area (Å²) in [6.45, 7) is 4.16. The quantitative estimate of drug-likeness (QED) is 0.476. The van der Waals surface area contributed by atoms with E-state index in [0.29, 0.717) is 30.2 Å². The summed E-state index contributed by atoms with van der Waals surface area (Å²) in [5.74, 6) is 1.16.